The Morgan fingerprint density at radius 1 is 0.750 bits per heavy atom. The fourth-order valence-electron chi connectivity index (χ4n) is 6.06. The molecule has 108 valence electrons. The van der Waals surface area contributed by atoms with Gasteiger partial charge in [-0.15, -0.1) is 0 Å². The molecular formula is C14H18N2O4. The molecule has 2 saturated heterocycles. The normalized spacial score (nSPS) is 51.1. The van der Waals surface area contributed by atoms with E-state index in [4.69, 9.17) is 9.47 Å². The van der Waals surface area contributed by atoms with E-state index in [0.29, 0.717) is 36.9 Å². The average molecular weight is 278 g/mol. The van der Waals surface area contributed by atoms with E-state index in [9.17, 15) is 9.59 Å². The number of carbonyl (C=O) groups is 2. The molecule has 0 aromatic carbocycles. The number of nitrogens with zero attached hydrogens (tertiary/aromatic N) is 2. The molecule has 4 aliphatic carbocycles. The highest BCUT2D eigenvalue weighted by atomic mass is 16.6. The molecule has 0 radical (unpaired) electrons. The summed E-state index contributed by atoms with van der Waals surface area (Å²) in [6.45, 7) is 4.24. The maximum absolute atomic E-state index is 12.3. The minimum absolute atomic E-state index is 0.188. The molecule has 6 rings (SSSR count). The Bertz CT molecular complexity index is 457. The Morgan fingerprint density at radius 3 is 1.40 bits per heavy atom. The summed E-state index contributed by atoms with van der Waals surface area (Å²) in [5, 5.41) is 3.17. The fourth-order valence-corrected chi connectivity index (χ4v) is 6.06. The third-order valence-electron chi connectivity index (χ3n) is 6.40. The van der Waals surface area contributed by atoms with Crippen LogP contribution in [0.2, 0.25) is 0 Å². The van der Waals surface area contributed by atoms with Crippen molar-refractivity contribution in [1.82, 2.24) is 10.0 Å². The van der Waals surface area contributed by atoms with Gasteiger partial charge in [0, 0.05) is 0 Å². The molecule has 0 aromatic heterocycles. The van der Waals surface area contributed by atoms with E-state index in [2.05, 4.69) is 0 Å². The number of ether oxygens (including phenoxy) is 2. The van der Waals surface area contributed by atoms with Gasteiger partial charge in [0.05, 0.1) is 25.3 Å². The number of fused-ring (bicyclic) bond motifs is 1. The Kier molecular flexibility index (Phi) is 1.81. The molecule has 2 aliphatic heterocycles. The van der Waals surface area contributed by atoms with Gasteiger partial charge in [-0.25, -0.2) is 19.6 Å². The van der Waals surface area contributed by atoms with Crippen molar-refractivity contribution < 1.29 is 19.1 Å². The SMILES string of the molecule is CCOC(=O)N1C2[C@H]3C4C5[C@@H]3C([C@@H]5[C@H]42)N1C(=O)OCC. The van der Waals surface area contributed by atoms with E-state index in [1.165, 1.54) is 0 Å². The van der Waals surface area contributed by atoms with Gasteiger partial charge in [0.2, 0.25) is 0 Å². The van der Waals surface area contributed by atoms with E-state index < -0.39 is 0 Å². The first-order valence-electron chi connectivity index (χ1n) is 7.64. The molecule has 0 aromatic rings. The van der Waals surface area contributed by atoms with Crippen molar-refractivity contribution >= 4 is 12.2 Å². The predicted octanol–water partition coefficient (Wildman–Crippen LogP) is 1.32. The monoisotopic (exact) mass is 278 g/mol. The second-order valence-electron chi connectivity index (χ2n) is 6.53. The van der Waals surface area contributed by atoms with Gasteiger partial charge in [-0.1, -0.05) is 0 Å². The lowest BCUT2D eigenvalue weighted by atomic mass is 9.16. The van der Waals surface area contributed by atoms with Crippen LogP contribution in [0.4, 0.5) is 9.59 Å². The maximum Gasteiger partial charge on any atom is 0.429 e. The third kappa shape index (κ3) is 0.850. The summed E-state index contributed by atoms with van der Waals surface area (Å²) in [4.78, 5) is 24.5. The highest BCUT2D eigenvalue weighted by Crippen LogP contribution is 2.87. The van der Waals surface area contributed by atoms with Crippen LogP contribution in [-0.4, -0.2) is 47.5 Å². The summed E-state index contributed by atoms with van der Waals surface area (Å²) in [5.74, 6) is 4.16. The van der Waals surface area contributed by atoms with Crippen LogP contribution in [0.3, 0.4) is 0 Å². The third-order valence-corrected chi connectivity index (χ3v) is 6.40. The predicted molar refractivity (Wildman–Crippen MR) is 66.2 cm³/mol. The first kappa shape index (κ1) is 11.2. The minimum atomic E-state index is -0.388. The minimum Gasteiger partial charge on any atom is -0.448 e. The van der Waals surface area contributed by atoms with Crippen LogP contribution < -0.4 is 0 Å². The fraction of sp³-hybridized carbons (Fsp3) is 0.857. The zero-order chi connectivity index (χ0) is 13.8. The Labute approximate surface area is 116 Å². The molecule has 2 amide bonds. The lowest BCUT2D eigenvalue weighted by molar-refractivity contribution is -0.482. The van der Waals surface area contributed by atoms with E-state index in [0.717, 1.165) is 11.8 Å². The zero-order valence-corrected chi connectivity index (χ0v) is 11.6. The van der Waals surface area contributed by atoms with Crippen molar-refractivity contribution in [3.8, 4) is 0 Å². The molecule has 6 heteroatoms. The Hall–Kier alpha value is -1.46. The molecule has 0 N–H and O–H groups in total. The number of amides is 2. The summed E-state index contributed by atoms with van der Waals surface area (Å²) >= 11 is 0. The van der Waals surface area contributed by atoms with Crippen LogP contribution >= 0.6 is 0 Å². The average Bonchev–Trinajstić information content (AvgIpc) is 2.38. The molecule has 20 heavy (non-hydrogen) atoms. The molecule has 4 atom stereocenters. The van der Waals surface area contributed by atoms with Gasteiger partial charge in [0.15, 0.2) is 0 Å². The smallest absolute Gasteiger partial charge is 0.429 e. The van der Waals surface area contributed by atoms with Crippen molar-refractivity contribution in [3.05, 3.63) is 0 Å². The summed E-state index contributed by atoms with van der Waals surface area (Å²) in [5.41, 5.74) is 0. The second-order valence-corrected chi connectivity index (χ2v) is 6.53. The van der Waals surface area contributed by atoms with Crippen LogP contribution in [0.15, 0.2) is 0 Å². The van der Waals surface area contributed by atoms with Gasteiger partial charge in [-0.2, -0.15) is 0 Å². The summed E-state index contributed by atoms with van der Waals surface area (Å²) in [6.07, 6.45) is -0.775. The van der Waals surface area contributed by atoms with Gasteiger partial charge in [-0.3, -0.25) is 0 Å². The molecule has 0 spiro atoms. The van der Waals surface area contributed by atoms with Crippen molar-refractivity contribution in [2.75, 3.05) is 13.2 Å². The Morgan fingerprint density at radius 2 is 1.10 bits per heavy atom. The number of carbonyl (C=O) groups excluding carboxylic acids is 2. The standard InChI is InChI=1S/C14H18N2O4/c1-3-19-13(17)15-11-7-5-6-9(7)12(10(6)8(5)11)16(15)14(18)20-4-2/h5-12H,3-4H2,1-2H3/t5?,6?,7-,8-,9-,10-,11?,12?/m0/s1. The van der Waals surface area contributed by atoms with Crippen molar-refractivity contribution in [2.24, 2.45) is 35.5 Å². The largest absolute Gasteiger partial charge is 0.448 e. The van der Waals surface area contributed by atoms with E-state index in [-0.39, 0.29) is 24.3 Å². The molecule has 0 unspecified atom stereocenters. The maximum atomic E-state index is 12.3. The lowest BCUT2D eigenvalue weighted by Gasteiger charge is -2.94. The number of hydrogen-bond donors (Lipinski definition) is 0. The van der Waals surface area contributed by atoms with Gasteiger partial charge in [0.1, 0.15) is 0 Å². The van der Waals surface area contributed by atoms with E-state index in [1.807, 2.05) is 0 Å². The van der Waals surface area contributed by atoms with Gasteiger partial charge in [0.25, 0.3) is 0 Å². The molecule has 2 heterocycles. The molecular weight excluding hydrogens is 260 g/mol. The molecule has 6 aliphatic rings. The molecule has 6 fully saturated rings. The first-order valence-corrected chi connectivity index (χ1v) is 7.64. The highest BCUT2D eigenvalue weighted by molar-refractivity contribution is 5.77. The van der Waals surface area contributed by atoms with Crippen LogP contribution in [-0.2, 0) is 9.47 Å². The first-order chi connectivity index (χ1) is 9.72. The van der Waals surface area contributed by atoms with Crippen LogP contribution in [0.5, 0.6) is 0 Å². The number of hydrogen-bond acceptors (Lipinski definition) is 4. The van der Waals surface area contributed by atoms with Crippen LogP contribution in [0.25, 0.3) is 0 Å². The number of rotatable bonds is 2. The quantitative estimate of drug-likeness (QED) is 0.764. The van der Waals surface area contributed by atoms with E-state index in [1.54, 1.807) is 23.9 Å². The zero-order valence-electron chi connectivity index (χ0n) is 11.6. The van der Waals surface area contributed by atoms with Gasteiger partial charge >= 0.3 is 12.2 Å². The van der Waals surface area contributed by atoms with Gasteiger partial charge in [-0.05, 0) is 49.4 Å². The summed E-state index contributed by atoms with van der Waals surface area (Å²) in [6, 6.07) is 0.377. The second kappa shape index (κ2) is 3.23. The van der Waals surface area contributed by atoms with Crippen molar-refractivity contribution in [1.29, 1.82) is 0 Å². The Balaban J connectivity index is 1.48. The molecule has 2 bridgehead atoms. The number of hydrazine groups is 1. The molecule has 6 nitrogen and oxygen atoms in total. The highest BCUT2D eigenvalue weighted by Gasteiger charge is 2.92. The summed E-state index contributed by atoms with van der Waals surface area (Å²) in [7, 11) is 0. The van der Waals surface area contributed by atoms with Crippen LogP contribution in [0, 0.1) is 35.5 Å². The summed E-state index contributed by atoms with van der Waals surface area (Å²) < 4.78 is 10.3. The van der Waals surface area contributed by atoms with E-state index >= 15 is 0 Å². The topological polar surface area (TPSA) is 59.1 Å². The van der Waals surface area contributed by atoms with Crippen molar-refractivity contribution in [3.63, 3.8) is 0 Å². The van der Waals surface area contributed by atoms with Crippen molar-refractivity contribution in [2.45, 2.75) is 25.9 Å². The van der Waals surface area contributed by atoms with Crippen LogP contribution in [0.1, 0.15) is 13.8 Å². The lowest BCUT2D eigenvalue weighted by Crippen LogP contribution is -3.00. The van der Waals surface area contributed by atoms with Gasteiger partial charge < -0.3 is 9.47 Å². The molecule has 4 saturated carbocycles.